The first-order chi connectivity index (χ1) is 11.9. The van der Waals surface area contributed by atoms with Crippen molar-refractivity contribution >= 4 is 41.3 Å². The molecule has 0 saturated heterocycles. The van der Waals surface area contributed by atoms with Gasteiger partial charge in [0.25, 0.3) is 0 Å². The van der Waals surface area contributed by atoms with Crippen LogP contribution in [0, 0.1) is 5.41 Å². The molecule has 7 heteroatoms. The van der Waals surface area contributed by atoms with Gasteiger partial charge < -0.3 is 15.4 Å². The average molecular weight is 494 g/mol. The molecule has 0 unspecified atom stereocenters. The summed E-state index contributed by atoms with van der Waals surface area (Å²) in [5, 5.41) is 10.3. The molecule has 1 aromatic heterocycles. The predicted octanol–water partition coefficient (Wildman–Crippen LogP) is 3.97. The molecule has 2 rings (SSSR count). The van der Waals surface area contributed by atoms with E-state index in [2.05, 4.69) is 41.8 Å². The maximum atomic E-state index is 5.27. The number of nitrogens with zero attached hydrogens (tertiary/aromatic N) is 2. The first-order valence-corrected chi connectivity index (χ1v) is 10.1. The number of aromatic nitrogens is 1. The van der Waals surface area contributed by atoms with Crippen molar-refractivity contribution in [3.63, 3.8) is 0 Å². The van der Waals surface area contributed by atoms with Crippen LogP contribution in [0.5, 0.6) is 0 Å². The summed E-state index contributed by atoms with van der Waals surface area (Å²) < 4.78 is 5.27. The van der Waals surface area contributed by atoms with Crippen molar-refractivity contribution in [3.05, 3.63) is 16.1 Å². The zero-order valence-corrected chi connectivity index (χ0v) is 20.0. The minimum absolute atomic E-state index is 0. The van der Waals surface area contributed by atoms with Gasteiger partial charge in [0.05, 0.1) is 10.7 Å². The van der Waals surface area contributed by atoms with Crippen LogP contribution >= 0.6 is 35.3 Å². The highest BCUT2D eigenvalue weighted by atomic mass is 127. The molecule has 26 heavy (non-hydrogen) atoms. The highest BCUT2D eigenvalue weighted by molar-refractivity contribution is 14.0. The van der Waals surface area contributed by atoms with E-state index in [4.69, 9.17) is 9.72 Å². The minimum atomic E-state index is 0. The molecule has 1 fully saturated rings. The summed E-state index contributed by atoms with van der Waals surface area (Å²) in [5.41, 5.74) is 1.70. The lowest BCUT2D eigenvalue weighted by atomic mass is 9.67. The van der Waals surface area contributed by atoms with Gasteiger partial charge in [-0.1, -0.05) is 27.2 Å². The molecule has 0 aromatic carbocycles. The predicted molar refractivity (Wildman–Crippen MR) is 122 cm³/mol. The Labute approximate surface area is 179 Å². The molecule has 0 spiro atoms. The van der Waals surface area contributed by atoms with Gasteiger partial charge in [-0.25, -0.2) is 4.98 Å². The molecular weight excluding hydrogens is 459 g/mol. The second-order valence-electron chi connectivity index (χ2n) is 8.08. The highest BCUT2D eigenvalue weighted by Gasteiger charge is 2.36. The van der Waals surface area contributed by atoms with Gasteiger partial charge in [0, 0.05) is 51.1 Å². The van der Waals surface area contributed by atoms with E-state index in [-0.39, 0.29) is 29.4 Å². The number of hydrogen-bond acceptors (Lipinski definition) is 4. The Bertz CT molecular complexity index is 564. The first kappa shape index (κ1) is 23.6. The van der Waals surface area contributed by atoms with Gasteiger partial charge >= 0.3 is 0 Å². The van der Waals surface area contributed by atoms with Gasteiger partial charge in [0.2, 0.25) is 0 Å². The number of methoxy groups -OCH3 is 1. The molecule has 1 aliphatic rings. The second kappa shape index (κ2) is 10.8. The van der Waals surface area contributed by atoms with Crippen molar-refractivity contribution in [2.24, 2.45) is 10.4 Å². The Morgan fingerprint density at radius 3 is 2.58 bits per heavy atom. The van der Waals surface area contributed by atoms with Gasteiger partial charge in [-0.3, -0.25) is 4.99 Å². The Balaban J connectivity index is 0.00000338. The molecule has 0 atom stereocenters. The molecule has 1 saturated carbocycles. The van der Waals surface area contributed by atoms with Gasteiger partial charge in [-0.05, 0) is 24.7 Å². The van der Waals surface area contributed by atoms with Crippen LogP contribution in [0.15, 0.2) is 10.4 Å². The number of halogens is 1. The maximum absolute atomic E-state index is 5.27. The largest absolute Gasteiger partial charge is 0.385 e. The van der Waals surface area contributed by atoms with Gasteiger partial charge in [0.1, 0.15) is 0 Å². The van der Waals surface area contributed by atoms with Crippen molar-refractivity contribution in [1.29, 1.82) is 0 Å². The fourth-order valence-electron chi connectivity index (χ4n) is 3.06. The molecule has 0 aliphatic heterocycles. The molecule has 0 radical (unpaired) electrons. The number of hydrogen-bond donors (Lipinski definition) is 2. The maximum Gasteiger partial charge on any atom is 0.191 e. The normalized spacial score (nSPS) is 16.6. The number of rotatable bonds is 8. The van der Waals surface area contributed by atoms with Crippen LogP contribution in [0.1, 0.15) is 57.2 Å². The Morgan fingerprint density at radius 1 is 1.35 bits per heavy atom. The zero-order chi connectivity index (χ0) is 18.3. The summed E-state index contributed by atoms with van der Waals surface area (Å²) in [7, 11) is 3.61. The van der Waals surface area contributed by atoms with E-state index in [1.165, 1.54) is 30.0 Å². The lowest BCUT2D eigenvalue weighted by Crippen LogP contribution is -2.47. The molecular formula is C19H35IN4OS. The van der Waals surface area contributed by atoms with Gasteiger partial charge in [0.15, 0.2) is 5.96 Å². The number of guanidine groups is 1. The minimum Gasteiger partial charge on any atom is -0.385 e. The fourth-order valence-corrected chi connectivity index (χ4v) is 4.09. The molecule has 5 nitrogen and oxygen atoms in total. The Morgan fingerprint density at radius 2 is 2.08 bits per heavy atom. The van der Waals surface area contributed by atoms with E-state index in [0.29, 0.717) is 5.41 Å². The first-order valence-electron chi connectivity index (χ1n) is 9.27. The third-order valence-corrected chi connectivity index (χ3v) is 5.97. The third-order valence-electron chi connectivity index (χ3n) is 5.06. The molecule has 150 valence electrons. The number of ether oxygens (including phenoxy) is 1. The Kier molecular flexibility index (Phi) is 9.82. The zero-order valence-electron chi connectivity index (χ0n) is 16.9. The standard InChI is InChI=1S/C19H34N4OS.HI/c1-18(2,3)15-13-25-16(23-15)7-11-21-17(20-4)22-14-19(8-6-9-19)10-12-24-5;/h13H,6-12,14H2,1-5H3,(H2,20,21,22);1H. The summed E-state index contributed by atoms with van der Waals surface area (Å²) in [6.45, 7) is 9.28. The smallest absolute Gasteiger partial charge is 0.191 e. The van der Waals surface area contributed by atoms with Crippen LogP contribution in [0.4, 0.5) is 0 Å². The molecule has 0 bridgehead atoms. The van der Waals surface area contributed by atoms with Crippen LogP contribution in [-0.4, -0.2) is 44.8 Å². The summed E-state index contributed by atoms with van der Waals surface area (Å²) in [6.07, 6.45) is 5.96. The summed E-state index contributed by atoms with van der Waals surface area (Å²) in [4.78, 5) is 9.10. The fraction of sp³-hybridized carbons (Fsp3) is 0.789. The monoisotopic (exact) mass is 494 g/mol. The van der Waals surface area contributed by atoms with Crippen molar-refractivity contribution in [2.75, 3.05) is 33.9 Å². The van der Waals surface area contributed by atoms with Crippen LogP contribution in [0.3, 0.4) is 0 Å². The molecule has 2 N–H and O–H groups in total. The van der Waals surface area contributed by atoms with Crippen molar-refractivity contribution in [1.82, 2.24) is 15.6 Å². The van der Waals surface area contributed by atoms with Crippen LogP contribution in [0.25, 0.3) is 0 Å². The van der Waals surface area contributed by atoms with Crippen molar-refractivity contribution in [3.8, 4) is 0 Å². The summed E-state index contributed by atoms with van der Waals surface area (Å²) >= 11 is 1.75. The van der Waals surface area contributed by atoms with E-state index < -0.39 is 0 Å². The van der Waals surface area contributed by atoms with Crippen molar-refractivity contribution < 1.29 is 4.74 Å². The van der Waals surface area contributed by atoms with E-state index in [1.54, 1.807) is 18.4 Å². The summed E-state index contributed by atoms with van der Waals surface area (Å²) in [5.74, 6) is 0.885. The highest BCUT2D eigenvalue weighted by Crippen LogP contribution is 2.43. The number of thiazole rings is 1. The molecule has 0 amide bonds. The lowest BCUT2D eigenvalue weighted by Gasteiger charge is -2.42. The number of nitrogens with one attached hydrogen (secondary N) is 2. The van der Waals surface area contributed by atoms with E-state index >= 15 is 0 Å². The SMILES string of the molecule is CN=C(NCCc1nc(C(C)(C)C)cs1)NCC1(CCOC)CCC1.I. The quantitative estimate of drug-likeness (QED) is 0.326. The second-order valence-corrected chi connectivity index (χ2v) is 9.02. The van der Waals surface area contributed by atoms with E-state index in [9.17, 15) is 0 Å². The van der Waals surface area contributed by atoms with Crippen LogP contribution < -0.4 is 10.6 Å². The van der Waals surface area contributed by atoms with Gasteiger partial charge in [-0.15, -0.1) is 35.3 Å². The van der Waals surface area contributed by atoms with E-state index in [1.807, 2.05) is 7.05 Å². The van der Waals surface area contributed by atoms with E-state index in [0.717, 1.165) is 38.5 Å². The number of aliphatic imine (C=N–C) groups is 1. The van der Waals surface area contributed by atoms with Crippen LogP contribution in [0.2, 0.25) is 0 Å². The van der Waals surface area contributed by atoms with Gasteiger partial charge in [-0.2, -0.15) is 0 Å². The molecule has 1 heterocycles. The molecule has 1 aliphatic carbocycles. The third kappa shape index (κ3) is 6.96. The topological polar surface area (TPSA) is 58.5 Å². The average Bonchev–Trinajstić information content (AvgIpc) is 3.01. The lowest BCUT2D eigenvalue weighted by molar-refractivity contribution is 0.0732. The van der Waals surface area contributed by atoms with Crippen molar-refractivity contribution in [2.45, 2.75) is 58.3 Å². The van der Waals surface area contributed by atoms with Crippen LogP contribution in [-0.2, 0) is 16.6 Å². The Hall–Kier alpha value is -0.410. The molecule has 1 aromatic rings. The summed E-state index contributed by atoms with van der Waals surface area (Å²) in [6, 6.07) is 0.